The number of aromatic nitrogens is 3. The first kappa shape index (κ1) is 23.4. The lowest BCUT2D eigenvalue weighted by atomic mass is 9.73. The molecule has 1 aromatic heterocycles. The molecule has 0 bridgehead atoms. The third kappa shape index (κ3) is 4.40. The number of Topliss-reactive ketones (excluding diaryl/α,β-unsaturated/α-hetero) is 1. The van der Waals surface area contributed by atoms with Crippen molar-refractivity contribution in [1.82, 2.24) is 14.8 Å². The minimum atomic E-state index is -0.508. The van der Waals surface area contributed by atoms with Crippen LogP contribution in [-0.2, 0) is 10.5 Å². The lowest BCUT2D eigenvalue weighted by molar-refractivity contribution is -0.118. The van der Waals surface area contributed by atoms with Crippen molar-refractivity contribution in [2.75, 3.05) is 19.5 Å². The van der Waals surface area contributed by atoms with Crippen molar-refractivity contribution in [3.05, 3.63) is 70.7 Å². The Balaban J connectivity index is 1.59. The van der Waals surface area contributed by atoms with Gasteiger partial charge in [-0.1, -0.05) is 49.9 Å². The van der Waals surface area contributed by atoms with Gasteiger partial charge in [0.2, 0.25) is 11.1 Å². The minimum absolute atomic E-state index is 0.0775. The van der Waals surface area contributed by atoms with Gasteiger partial charge in [0.25, 0.3) is 0 Å². The maximum Gasteiger partial charge on any atom is 0.227 e. The Bertz CT molecular complexity index is 1330. The molecule has 2 aliphatic rings. The molecule has 2 heterocycles. The molecule has 0 fully saturated rings. The summed E-state index contributed by atoms with van der Waals surface area (Å²) in [6.45, 7) is 4.19. The Kier molecular flexibility index (Phi) is 6.04. The highest BCUT2D eigenvalue weighted by Gasteiger charge is 2.43. The molecule has 0 amide bonds. The predicted molar refractivity (Wildman–Crippen MR) is 132 cm³/mol. The largest absolute Gasteiger partial charge is 0.493 e. The number of anilines is 1. The number of hydrogen-bond acceptors (Lipinski definition) is 7. The number of benzene rings is 2. The van der Waals surface area contributed by atoms with E-state index in [-0.39, 0.29) is 17.0 Å². The normalized spacial score (nSPS) is 18.5. The number of halogens is 1. The quantitative estimate of drug-likeness (QED) is 0.461. The van der Waals surface area contributed by atoms with Gasteiger partial charge in [-0.05, 0) is 35.6 Å². The number of ether oxygens (including phenoxy) is 2. The number of methoxy groups -OCH3 is 2. The number of ketones is 1. The summed E-state index contributed by atoms with van der Waals surface area (Å²) >= 11 is 1.42. The van der Waals surface area contributed by atoms with Crippen LogP contribution in [0.4, 0.5) is 10.3 Å². The van der Waals surface area contributed by atoms with Crippen molar-refractivity contribution < 1.29 is 18.7 Å². The Morgan fingerprint density at radius 1 is 1.17 bits per heavy atom. The van der Waals surface area contributed by atoms with E-state index < -0.39 is 6.04 Å². The highest BCUT2D eigenvalue weighted by molar-refractivity contribution is 7.98. The van der Waals surface area contributed by atoms with Crippen LogP contribution in [0.5, 0.6) is 11.5 Å². The molecule has 0 spiro atoms. The van der Waals surface area contributed by atoms with Gasteiger partial charge in [0.1, 0.15) is 11.9 Å². The molecule has 9 heteroatoms. The van der Waals surface area contributed by atoms with Gasteiger partial charge in [-0.2, -0.15) is 4.98 Å². The van der Waals surface area contributed by atoms with Gasteiger partial charge in [0.05, 0.1) is 14.2 Å². The van der Waals surface area contributed by atoms with E-state index in [0.717, 1.165) is 23.2 Å². The molecular formula is C26H27FN4O3S. The van der Waals surface area contributed by atoms with E-state index in [0.29, 0.717) is 40.4 Å². The SMILES string of the molecule is COc1cccc(C2C3=C(CC(C)(C)CC3=O)Nc3nc(SCc4cccc(F)c4)nn32)c1OC. The van der Waals surface area contributed by atoms with Crippen molar-refractivity contribution in [2.45, 2.75) is 43.6 Å². The maximum atomic E-state index is 13.6. The molecule has 3 aromatic rings. The molecular weight excluding hydrogens is 467 g/mol. The van der Waals surface area contributed by atoms with E-state index in [2.05, 4.69) is 19.2 Å². The Labute approximate surface area is 207 Å². The van der Waals surface area contributed by atoms with Gasteiger partial charge in [-0.15, -0.1) is 5.10 Å². The number of carbonyl (C=O) groups excluding carboxylic acids is 1. The van der Waals surface area contributed by atoms with Gasteiger partial charge < -0.3 is 14.8 Å². The zero-order valence-electron chi connectivity index (χ0n) is 20.1. The number of thioether (sulfide) groups is 1. The highest BCUT2D eigenvalue weighted by atomic mass is 32.2. The molecule has 5 rings (SSSR count). The number of carbonyl (C=O) groups is 1. The molecule has 1 N–H and O–H groups in total. The topological polar surface area (TPSA) is 78.3 Å². The lowest BCUT2D eigenvalue weighted by Crippen LogP contribution is -2.36. The summed E-state index contributed by atoms with van der Waals surface area (Å²) in [7, 11) is 3.18. The summed E-state index contributed by atoms with van der Waals surface area (Å²) in [6, 6.07) is 11.6. The average Bonchev–Trinajstić information content (AvgIpc) is 3.22. The van der Waals surface area contributed by atoms with Crippen molar-refractivity contribution in [1.29, 1.82) is 0 Å². The zero-order valence-corrected chi connectivity index (χ0v) is 20.9. The Morgan fingerprint density at radius 3 is 2.71 bits per heavy atom. The summed E-state index contributed by atoms with van der Waals surface area (Å²) in [5, 5.41) is 8.69. The summed E-state index contributed by atoms with van der Waals surface area (Å²) in [4.78, 5) is 18.2. The van der Waals surface area contributed by atoms with Crippen LogP contribution in [0.15, 0.2) is 58.9 Å². The molecule has 7 nitrogen and oxygen atoms in total. The molecule has 0 saturated heterocycles. The first-order valence-electron chi connectivity index (χ1n) is 11.4. The second-order valence-corrected chi connectivity index (χ2v) is 10.5. The van der Waals surface area contributed by atoms with Crippen LogP contribution >= 0.6 is 11.8 Å². The van der Waals surface area contributed by atoms with Gasteiger partial charge in [0.15, 0.2) is 17.3 Å². The van der Waals surface area contributed by atoms with Crippen LogP contribution in [0.25, 0.3) is 0 Å². The van der Waals surface area contributed by atoms with Crippen molar-refractivity contribution in [2.24, 2.45) is 5.41 Å². The van der Waals surface area contributed by atoms with Crippen molar-refractivity contribution >= 4 is 23.5 Å². The Hall–Kier alpha value is -3.33. The minimum Gasteiger partial charge on any atom is -0.493 e. The average molecular weight is 495 g/mol. The van der Waals surface area contributed by atoms with E-state index in [1.54, 1.807) is 25.0 Å². The fraction of sp³-hybridized carbons (Fsp3) is 0.346. The first-order valence-corrected chi connectivity index (χ1v) is 12.4. The van der Waals surface area contributed by atoms with Crippen LogP contribution in [-0.4, -0.2) is 34.8 Å². The summed E-state index contributed by atoms with van der Waals surface area (Å²) < 4.78 is 26.6. The van der Waals surface area contributed by atoms with E-state index in [4.69, 9.17) is 19.6 Å². The van der Waals surface area contributed by atoms with Crippen molar-refractivity contribution in [3.63, 3.8) is 0 Å². The summed E-state index contributed by atoms with van der Waals surface area (Å²) in [5.74, 6) is 2.02. The van der Waals surface area contributed by atoms with E-state index in [1.807, 2.05) is 24.3 Å². The van der Waals surface area contributed by atoms with Gasteiger partial charge in [-0.25, -0.2) is 9.07 Å². The molecule has 1 unspecified atom stereocenters. The van der Waals surface area contributed by atoms with Crippen LogP contribution in [0.3, 0.4) is 0 Å². The van der Waals surface area contributed by atoms with Crippen molar-refractivity contribution in [3.8, 4) is 11.5 Å². The molecule has 2 aromatic carbocycles. The van der Waals surface area contributed by atoms with E-state index in [1.165, 1.54) is 23.9 Å². The number of allylic oxidation sites excluding steroid dienone is 2. The second-order valence-electron chi connectivity index (χ2n) is 9.52. The number of rotatable bonds is 6. The predicted octanol–water partition coefficient (Wildman–Crippen LogP) is 5.38. The fourth-order valence-electron chi connectivity index (χ4n) is 4.84. The maximum absolute atomic E-state index is 13.6. The number of nitrogens with zero attached hydrogens (tertiary/aromatic N) is 3. The first-order chi connectivity index (χ1) is 16.8. The molecule has 1 aliphatic carbocycles. The summed E-state index contributed by atoms with van der Waals surface area (Å²) in [5.41, 5.74) is 3.00. The smallest absolute Gasteiger partial charge is 0.227 e. The van der Waals surface area contributed by atoms with E-state index in [9.17, 15) is 9.18 Å². The third-order valence-corrected chi connectivity index (χ3v) is 7.21. The number of nitrogens with one attached hydrogen (secondary N) is 1. The van der Waals surface area contributed by atoms with E-state index >= 15 is 0 Å². The molecule has 1 atom stereocenters. The monoisotopic (exact) mass is 494 g/mol. The standard InChI is InChI=1S/C26H27FN4O3S/c1-26(2)12-18-21(19(32)13-26)22(17-9-6-10-20(33-3)23(17)34-4)31-24(28-18)29-25(30-31)35-14-15-7-5-8-16(27)11-15/h5-11,22H,12-14H2,1-4H3,(H,28,29,30). The van der Waals surface area contributed by atoms with Gasteiger partial charge in [0, 0.05) is 29.0 Å². The number of hydrogen-bond donors (Lipinski definition) is 1. The second kappa shape index (κ2) is 9.03. The third-order valence-electron chi connectivity index (χ3n) is 6.30. The van der Waals surface area contributed by atoms with Crippen LogP contribution in [0.2, 0.25) is 0 Å². The van der Waals surface area contributed by atoms with Crippen LogP contribution < -0.4 is 14.8 Å². The molecule has 182 valence electrons. The molecule has 0 saturated carbocycles. The fourth-order valence-corrected chi connectivity index (χ4v) is 5.61. The number of para-hydroxylation sites is 1. The van der Waals surface area contributed by atoms with Gasteiger partial charge in [-0.3, -0.25) is 4.79 Å². The zero-order chi connectivity index (χ0) is 24.7. The lowest BCUT2D eigenvalue weighted by Gasteiger charge is -2.38. The van der Waals surface area contributed by atoms with Gasteiger partial charge >= 0.3 is 0 Å². The van der Waals surface area contributed by atoms with Crippen LogP contribution in [0, 0.1) is 11.2 Å². The molecule has 0 radical (unpaired) electrons. The summed E-state index contributed by atoms with van der Waals surface area (Å²) in [6.07, 6.45) is 1.16. The molecule has 35 heavy (non-hydrogen) atoms. The Morgan fingerprint density at radius 2 is 1.97 bits per heavy atom. The number of fused-ring (bicyclic) bond motifs is 1. The molecule has 1 aliphatic heterocycles. The van der Waals surface area contributed by atoms with Crippen LogP contribution in [0.1, 0.15) is 43.9 Å². The highest BCUT2D eigenvalue weighted by Crippen LogP contribution is 2.48.